The summed E-state index contributed by atoms with van der Waals surface area (Å²) in [6.45, 7) is 5.23. The average molecular weight is 363 g/mol. The number of benzene rings is 1. The first kappa shape index (κ1) is 18.1. The molecule has 7 heteroatoms. The fourth-order valence-corrected chi connectivity index (χ4v) is 3.81. The van der Waals surface area contributed by atoms with Gasteiger partial charge in [-0.2, -0.15) is 0 Å². The molecule has 1 aliphatic rings. The molecule has 1 aliphatic carbocycles. The van der Waals surface area contributed by atoms with Crippen LogP contribution in [0.5, 0.6) is 0 Å². The van der Waals surface area contributed by atoms with E-state index in [9.17, 15) is 8.42 Å². The summed E-state index contributed by atoms with van der Waals surface area (Å²) >= 11 is 0. The van der Waals surface area contributed by atoms with E-state index in [-0.39, 0.29) is 6.54 Å². The summed E-state index contributed by atoms with van der Waals surface area (Å²) in [4.78, 5) is 0. The van der Waals surface area contributed by atoms with Crippen LogP contribution < -0.4 is 10.0 Å². The van der Waals surface area contributed by atoms with Crippen LogP contribution in [0.25, 0.3) is 0 Å². The number of hydrogen-bond donors (Lipinski definition) is 2. The van der Waals surface area contributed by atoms with Crippen LogP contribution in [0.3, 0.4) is 0 Å². The van der Waals surface area contributed by atoms with Gasteiger partial charge >= 0.3 is 0 Å². The van der Waals surface area contributed by atoms with E-state index < -0.39 is 10.0 Å². The molecule has 0 amide bonds. The van der Waals surface area contributed by atoms with E-state index in [0.717, 1.165) is 43.4 Å². The summed E-state index contributed by atoms with van der Waals surface area (Å²) in [6.07, 6.45) is 3.77. The lowest BCUT2D eigenvalue weighted by molar-refractivity contribution is 0.351. The highest BCUT2D eigenvalue weighted by Gasteiger charge is 2.25. The maximum atomic E-state index is 11.3. The first-order valence-electron chi connectivity index (χ1n) is 8.51. The Hall–Kier alpha value is -1.70. The number of rotatable bonds is 6. The Balaban J connectivity index is 1.63. The Morgan fingerprint density at radius 1 is 1.20 bits per heavy atom. The molecule has 0 aliphatic heterocycles. The third-order valence-electron chi connectivity index (χ3n) is 4.50. The fraction of sp³-hybridized carbons (Fsp3) is 0.500. The minimum Gasteiger partial charge on any atom is -0.361 e. The van der Waals surface area contributed by atoms with Crippen molar-refractivity contribution in [1.29, 1.82) is 0 Å². The predicted molar refractivity (Wildman–Crippen MR) is 96.8 cm³/mol. The van der Waals surface area contributed by atoms with E-state index in [0.29, 0.717) is 11.7 Å². The van der Waals surface area contributed by atoms with Crippen molar-refractivity contribution in [3.8, 4) is 0 Å². The van der Waals surface area contributed by atoms with Crippen molar-refractivity contribution in [2.75, 3.05) is 6.26 Å². The molecule has 0 bridgehead atoms. The Bertz CT molecular complexity index is 838. The molecule has 1 aromatic heterocycles. The van der Waals surface area contributed by atoms with Gasteiger partial charge < -0.3 is 9.84 Å². The van der Waals surface area contributed by atoms with Crippen molar-refractivity contribution >= 4 is 10.0 Å². The standard InChI is InChI=1S/C18H25N3O3S/c1-12-6-13(2)8-14(7-12)10-19-15-4-5-18-16(9-15)17(21-24-18)11-20-25(3,22)23/h6-8,15,19-20H,4-5,9-11H2,1-3H3. The largest absolute Gasteiger partial charge is 0.361 e. The number of nitrogens with zero attached hydrogens (tertiary/aromatic N) is 1. The smallest absolute Gasteiger partial charge is 0.209 e. The highest BCUT2D eigenvalue weighted by molar-refractivity contribution is 7.88. The molecule has 0 saturated heterocycles. The monoisotopic (exact) mass is 363 g/mol. The first-order valence-corrected chi connectivity index (χ1v) is 10.4. The Labute approximate surface area is 149 Å². The zero-order valence-corrected chi connectivity index (χ0v) is 15.7. The molecule has 1 unspecified atom stereocenters. The molecule has 2 aromatic rings. The van der Waals surface area contributed by atoms with Crippen molar-refractivity contribution in [2.45, 2.75) is 52.2 Å². The lowest BCUT2D eigenvalue weighted by Gasteiger charge is -2.23. The molecule has 0 radical (unpaired) electrons. The summed E-state index contributed by atoms with van der Waals surface area (Å²) in [7, 11) is -3.24. The quantitative estimate of drug-likeness (QED) is 0.820. The minimum atomic E-state index is -3.24. The van der Waals surface area contributed by atoms with Crippen molar-refractivity contribution in [3.63, 3.8) is 0 Å². The van der Waals surface area contributed by atoms with E-state index in [2.05, 4.69) is 47.2 Å². The number of hydrogen-bond acceptors (Lipinski definition) is 5. The van der Waals surface area contributed by atoms with Crippen molar-refractivity contribution in [1.82, 2.24) is 15.2 Å². The summed E-state index contributed by atoms with van der Waals surface area (Å²) in [5.74, 6) is 0.884. The van der Waals surface area contributed by atoms with Crippen molar-refractivity contribution in [3.05, 3.63) is 51.9 Å². The molecular weight excluding hydrogens is 338 g/mol. The van der Waals surface area contributed by atoms with Gasteiger partial charge in [0.05, 0.1) is 12.8 Å². The Morgan fingerprint density at radius 3 is 2.60 bits per heavy atom. The summed E-state index contributed by atoms with van der Waals surface area (Å²) < 4.78 is 30.5. The van der Waals surface area contributed by atoms with Gasteiger partial charge in [-0.05, 0) is 32.3 Å². The average Bonchev–Trinajstić information content (AvgIpc) is 2.92. The fourth-order valence-electron chi connectivity index (χ4n) is 3.41. The van der Waals surface area contributed by atoms with Crippen molar-refractivity contribution in [2.24, 2.45) is 0 Å². The number of nitrogens with one attached hydrogen (secondary N) is 2. The highest BCUT2D eigenvalue weighted by Crippen LogP contribution is 2.25. The van der Waals surface area contributed by atoms with Crippen LogP contribution in [-0.2, 0) is 36.0 Å². The highest BCUT2D eigenvalue weighted by atomic mass is 32.2. The maximum absolute atomic E-state index is 11.3. The number of aryl methyl sites for hydroxylation is 3. The van der Waals surface area contributed by atoms with Gasteiger partial charge in [0.25, 0.3) is 0 Å². The van der Waals surface area contributed by atoms with Crippen LogP contribution in [0.4, 0.5) is 0 Å². The van der Waals surface area contributed by atoms with Gasteiger partial charge in [-0.25, -0.2) is 13.1 Å². The van der Waals surface area contributed by atoms with E-state index in [1.807, 2.05) is 0 Å². The van der Waals surface area contributed by atoms with Crippen LogP contribution in [0.1, 0.15) is 40.1 Å². The second kappa shape index (κ2) is 7.27. The van der Waals surface area contributed by atoms with E-state index in [1.165, 1.54) is 16.7 Å². The molecule has 1 heterocycles. The van der Waals surface area contributed by atoms with Gasteiger partial charge in [-0.15, -0.1) is 0 Å². The number of aromatic nitrogens is 1. The molecule has 0 fully saturated rings. The molecule has 3 rings (SSSR count). The van der Waals surface area contributed by atoms with Gasteiger partial charge in [0.15, 0.2) is 0 Å². The molecule has 25 heavy (non-hydrogen) atoms. The molecule has 0 saturated carbocycles. The normalized spacial score (nSPS) is 17.5. The number of sulfonamides is 1. The van der Waals surface area contributed by atoms with Crippen LogP contribution >= 0.6 is 0 Å². The third kappa shape index (κ3) is 4.90. The second-order valence-corrected chi connectivity index (χ2v) is 8.77. The van der Waals surface area contributed by atoms with Crippen molar-refractivity contribution < 1.29 is 12.9 Å². The lowest BCUT2D eigenvalue weighted by Crippen LogP contribution is -2.34. The lowest BCUT2D eigenvalue weighted by atomic mass is 9.92. The van der Waals surface area contributed by atoms with E-state index in [4.69, 9.17) is 4.52 Å². The summed E-state index contributed by atoms with van der Waals surface area (Å²) in [5.41, 5.74) is 5.57. The Morgan fingerprint density at radius 2 is 1.92 bits per heavy atom. The van der Waals surface area contributed by atoms with Crippen LogP contribution in [0.15, 0.2) is 22.7 Å². The second-order valence-electron chi connectivity index (χ2n) is 6.94. The van der Waals surface area contributed by atoms with Crippen LogP contribution in [0, 0.1) is 13.8 Å². The van der Waals surface area contributed by atoms with Gasteiger partial charge in [0.1, 0.15) is 11.5 Å². The minimum absolute atomic E-state index is 0.182. The molecule has 2 N–H and O–H groups in total. The zero-order valence-electron chi connectivity index (χ0n) is 14.9. The van der Waals surface area contributed by atoms with Gasteiger partial charge in [0, 0.05) is 24.6 Å². The van der Waals surface area contributed by atoms with Gasteiger partial charge in [-0.1, -0.05) is 34.5 Å². The van der Waals surface area contributed by atoms with Gasteiger partial charge in [0.2, 0.25) is 10.0 Å². The zero-order chi connectivity index (χ0) is 18.0. The van der Waals surface area contributed by atoms with E-state index in [1.54, 1.807) is 0 Å². The van der Waals surface area contributed by atoms with E-state index >= 15 is 0 Å². The van der Waals surface area contributed by atoms with Gasteiger partial charge in [-0.3, -0.25) is 0 Å². The molecule has 1 atom stereocenters. The van der Waals surface area contributed by atoms with Crippen LogP contribution in [-0.4, -0.2) is 25.9 Å². The maximum Gasteiger partial charge on any atom is 0.209 e. The third-order valence-corrected chi connectivity index (χ3v) is 5.17. The molecule has 6 nitrogen and oxygen atoms in total. The predicted octanol–water partition coefficient (Wildman–Crippen LogP) is 1.99. The molecular formula is C18H25N3O3S. The molecule has 0 spiro atoms. The summed E-state index contributed by atoms with van der Waals surface area (Å²) in [6, 6.07) is 6.92. The van der Waals surface area contributed by atoms with Crippen LogP contribution in [0.2, 0.25) is 0 Å². The molecule has 1 aromatic carbocycles. The molecule has 136 valence electrons. The Kier molecular flexibility index (Phi) is 5.27. The number of fused-ring (bicyclic) bond motifs is 1. The summed E-state index contributed by atoms with van der Waals surface area (Å²) in [5, 5.41) is 7.66. The first-order chi connectivity index (χ1) is 11.8. The topological polar surface area (TPSA) is 84.2 Å². The SMILES string of the molecule is Cc1cc(C)cc(CNC2CCc3onc(CNS(C)(=O)=O)c3C2)c1.